The number of ether oxygens (including phenoxy) is 1. The Kier molecular flexibility index (Phi) is 3.09. The molecule has 0 atom stereocenters. The number of carbonyl (C=O) groups excluding carboxylic acids is 1. The average molecular weight is 247 g/mol. The molecular formula is C15H21NO2. The van der Waals surface area contributed by atoms with Gasteiger partial charge in [0.2, 0.25) is 0 Å². The molecule has 1 aliphatic carbocycles. The molecule has 1 saturated carbocycles. The molecule has 1 aromatic carbocycles. The first-order valence-electron chi connectivity index (χ1n) is 6.36. The molecule has 1 aromatic rings. The second kappa shape index (κ2) is 4.30. The zero-order valence-corrected chi connectivity index (χ0v) is 11.5. The molecule has 0 saturated heterocycles. The topological polar surface area (TPSA) is 38.3 Å². The van der Waals surface area contributed by atoms with Crippen molar-refractivity contribution in [1.82, 2.24) is 5.32 Å². The summed E-state index contributed by atoms with van der Waals surface area (Å²) in [4.78, 5) is 11.6. The van der Waals surface area contributed by atoms with E-state index in [9.17, 15) is 4.79 Å². The Balaban J connectivity index is 1.81. The normalized spacial score (nSPS) is 20.2. The molecule has 18 heavy (non-hydrogen) atoms. The fourth-order valence-electron chi connectivity index (χ4n) is 2.66. The van der Waals surface area contributed by atoms with Crippen molar-refractivity contribution >= 4 is 6.09 Å². The zero-order valence-electron chi connectivity index (χ0n) is 11.5. The first kappa shape index (κ1) is 12.9. The van der Waals surface area contributed by atoms with Gasteiger partial charge in [-0.3, -0.25) is 0 Å². The van der Waals surface area contributed by atoms with E-state index in [-0.39, 0.29) is 16.9 Å². The highest BCUT2D eigenvalue weighted by atomic mass is 16.6. The third kappa shape index (κ3) is 2.22. The molecule has 0 aliphatic heterocycles. The maximum absolute atomic E-state index is 11.6. The standard InChI is InChI=1S/C15H21NO2/c1-14(2)12(15(14,3)4)10-16-13(17)18-11-8-6-5-7-9-11/h5-9,12H,10H2,1-4H3,(H,16,17). The van der Waals surface area contributed by atoms with Crippen molar-refractivity contribution in [1.29, 1.82) is 0 Å². The van der Waals surface area contributed by atoms with Crippen molar-refractivity contribution in [2.24, 2.45) is 16.7 Å². The lowest BCUT2D eigenvalue weighted by Crippen LogP contribution is -2.29. The van der Waals surface area contributed by atoms with Gasteiger partial charge in [0.15, 0.2) is 0 Å². The molecule has 1 amide bonds. The largest absolute Gasteiger partial charge is 0.412 e. The molecule has 3 heteroatoms. The quantitative estimate of drug-likeness (QED) is 0.888. The van der Waals surface area contributed by atoms with Gasteiger partial charge in [-0.05, 0) is 28.9 Å². The molecule has 98 valence electrons. The van der Waals surface area contributed by atoms with Crippen molar-refractivity contribution in [3.63, 3.8) is 0 Å². The predicted molar refractivity (Wildman–Crippen MR) is 71.5 cm³/mol. The van der Waals surface area contributed by atoms with Crippen molar-refractivity contribution in [3.05, 3.63) is 30.3 Å². The summed E-state index contributed by atoms with van der Waals surface area (Å²) in [6, 6.07) is 9.11. The lowest BCUT2D eigenvalue weighted by molar-refractivity contribution is 0.199. The monoisotopic (exact) mass is 247 g/mol. The van der Waals surface area contributed by atoms with Gasteiger partial charge in [-0.2, -0.15) is 0 Å². The highest BCUT2D eigenvalue weighted by Gasteiger charge is 2.64. The Morgan fingerprint density at radius 1 is 1.17 bits per heavy atom. The number of amides is 1. The Bertz CT molecular complexity index is 423. The lowest BCUT2D eigenvalue weighted by Gasteiger charge is -2.07. The van der Waals surface area contributed by atoms with E-state index >= 15 is 0 Å². The number of carbonyl (C=O) groups is 1. The van der Waals surface area contributed by atoms with Crippen LogP contribution in [0.15, 0.2) is 30.3 Å². The van der Waals surface area contributed by atoms with Crippen LogP contribution in [0.4, 0.5) is 4.79 Å². The van der Waals surface area contributed by atoms with Crippen molar-refractivity contribution < 1.29 is 9.53 Å². The number of hydrogen-bond donors (Lipinski definition) is 1. The van der Waals surface area contributed by atoms with Crippen LogP contribution >= 0.6 is 0 Å². The molecule has 3 nitrogen and oxygen atoms in total. The average Bonchev–Trinajstić information content (AvgIpc) is 2.68. The SMILES string of the molecule is CC1(C)C(CNC(=O)Oc2ccccc2)C1(C)C. The third-order valence-corrected chi connectivity index (χ3v) is 4.72. The molecule has 1 fully saturated rings. The Hall–Kier alpha value is -1.51. The Morgan fingerprint density at radius 2 is 1.72 bits per heavy atom. The molecule has 2 rings (SSSR count). The molecule has 0 bridgehead atoms. The maximum Gasteiger partial charge on any atom is 0.412 e. The fourth-order valence-corrected chi connectivity index (χ4v) is 2.66. The molecule has 1 N–H and O–H groups in total. The van der Waals surface area contributed by atoms with Gasteiger partial charge in [-0.15, -0.1) is 0 Å². The lowest BCUT2D eigenvalue weighted by atomic mass is 10.0. The summed E-state index contributed by atoms with van der Waals surface area (Å²) in [5.41, 5.74) is 0.569. The van der Waals surface area contributed by atoms with Crippen LogP contribution in [0.25, 0.3) is 0 Å². The summed E-state index contributed by atoms with van der Waals surface area (Å²) < 4.78 is 5.18. The van der Waals surface area contributed by atoms with Gasteiger partial charge in [0, 0.05) is 6.54 Å². The summed E-state index contributed by atoms with van der Waals surface area (Å²) in [7, 11) is 0. The van der Waals surface area contributed by atoms with Gasteiger partial charge in [0.05, 0.1) is 0 Å². The van der Waals surface area contributed by atoms with Crippen LogP contribution in [0, 0.1) is 16.7 Å². The van der Waals surface area contributed by atoms with E-state index in [1.54, 1.807) is 12.1 Å². The van der Waals surface area contributed by atoms with E-state index in [4.69, 9.17) is 4.74 Å². The first-order chi connectivity index (χ1) is 8.35. The van der Waals surface area contributed by atoms with Crippen LogP contribution in [0.5, 0.6) is 5.75 Å². The van der Waals surface area contributed by atoms with Gasteiger partial charge < -0.3 is 10.1 Å². The molecule has 0 heterocycles. The van der Waals surface area contributed by atoms with Gasteiger partial charge >= 0.3 is 6.09 Å². The summed E-state index contributed by atoms with van der Waals surface area (Å²) in [5.74, 6) is 1.08. The first-order valence-corrected chi connectivity index (χ1v) is 6.36. The second-order valence-electron chi connectivity index (χ2n) is 6.08. The van der Waals surface area contributed by atoms with Crippen LogP contribution < -0.4 is 10.1 Å². The van der Waals surface area contributed by atoms with Crippen LogP contribution in [-0.4, -0.2) is 12.6 Å². The van der Waals surface area contributed by atoms with Crippen LogP contribution in [0.1, 0.15) is 27.7 Å². The molecule has 0 aromatic heterocycles. The minimum absolute atomic E-state index is 0.285. The molecule has 0 unspecified atom stereocenters. The maximum atomic E-state index is 11.6. The highest BCUT2D eigenvalue weighted by Crippen LogP contribution is 2.67. The highest BCUT2D eigenvalue weighted by molar-refractivity contribution is 5.70. The number of benzene rings is 1. The fraction of sp³-hybridized carbons (Fsp3) is 0.533. The van der Waals surface area contributed by atoms with Gasteiger partial charge in [-0.1, -0.05) is 45.9 Å². The van der Waals surface area contributed by atoms with Crippen molar-refractivity contribution in [2.45, 2.75) is 27.7 Å². The Labute approximate surface area is 109 Å². The van der Waals surface area contributed by atoms with E-state index in [0.717, 1.165) is 0 Å². The number of para-hydroxylation sites is 1. The van der Waals surface area contributed by atoms with E-state index < -0.39 is 0 Å². The second-order valence-corrected chi connectivity index (χ2v) is 6.08. The van der Waals surface area contributed by atoms with E-state index in [0.29, 0.717) is 18.2 Å². The zero-order chi connectivity index (χ0) is 13.4. The van der Waals surface area contributed by atoms with Crippen LogP contribution in [-0.2, 0) is 0 Å². The van der Waals surface area contributed by atoms with E-state index in [2.05, 4.69) is 33.0 Å². The third-order valence-electron chi connectivity index (χ3n) is 4.72. The summed E-state index contributed by atoms with van der Waals surface area (Å²) >= 11 is 0. The molecular weight excluding hydrogens is 226 g/mol. The van der Waals surface area contributed by atoms with E-state index in [1.165, 1.54) is 0 Å². The number of rotatable bonds is 3. The Morgan fingerprint density at radius 3 is 2.22 bits per heavy atom. The minimum Gasteiger partial charge on any atom is -0.410 e. The molecule has 1 aliphatic rings. The number of hydrogen-bond acceptors (Lipinski definition) is 2. The predicted octanol–water partition coefficient (Wildman–Crippen LogP) is 3.46. The van der Waals surface area contributed by atoms with Crippen molar-refractivity contribution in [2.75, 3.05) is 6.54 Å². The van der Waals surface area contributed by atoms with Gasteiger partial charge in [0.1, 0.15) is 5.75 Å². The van der Waals surface area contributed by atoms with Gasteiger partial charge in [0.25, 0.3) is 0 Å². The summed E-state index contributed by atoms with van der Waals surface area (Å²) in [6.07, 6.45) is -0.375. The minimum atomic E-state index is -0.375. The summed E-state index contributed by atoms with van der Waals surface area (Å²) in [5, 5.41) is 2.84. The van der Waals surface area contributed by atoms with Gasteiger partial charge in [-0.25, -0.2) is 4.79 Å². The van der Waals surface area contributed by atoms with Crippen molar-refractivity contribution in [3.8, 4) is 5.75 Å². The van der Waals surface area contributed by atoms with Crippen LogP contribution in [0.3, 0.4) is 0 Å². The number of nitrogens with one attached hydrogen (secondary N) is 1. The van der Waals surface area contributed by atoms with Crippen LogP contribution in [0.2, 0.25) is 0 Å². The van der Waals surface area contributed by atoms with E-state index in [1.807, 2.05) is 18.2 Å². The molecule has 0 spiro atoms. The summed E-state index contributed by atoms with van der Waals surface area (Å²) in [6.45, 7) is 9.62. The molecule has 0 radical (unpaired) electrons. The smallest absolute Gasteiger partial charge is 0.410 e.